The molecule has 2 aromatic heterocycles. The number of fused-ring (bicyclic) bond motifs is 1. The van der Waals surface area contributed by atoms with E-state index in [9.17, 15) is 0 Å². The van der Waals surface area contributed by atoms with Gasteiger partial charge in [0.15, 0.2) is 11.5 Å². The van der Waals surface area contributed by atoms with Crippen LogP contribution in [0.3, 0.4) is 0 Å². The molecule has 0 fully saturated rings. The molecule has 4 heteroatoms. The summed E-state index contributed by atoms with van der Waals surface area (Å²) in [5.74, 6) is 0.916. The molecule has 0 amide bonds. The van der Waals surface area contributed by atoms with Gasteiger partial charge in [-0.15, -0.1) is 5.10 Å². The van der Waals surface area contributed by atoms with Crippen LogP contribution < -0.4 is 0 Å². The highest BCUT2D eigenvalue weighted by molar-refractivity contribution is 5.49. The monoisotopic (exact) mass is 206 g/mol. The number of H-pyrrole nitrogens is 1. The van der Waals surface area contributed by atoms with Gasteiger partial charge in [-0.2, -0.15) is 4.63 Å². The molecule has 1 N–H and O–H groups in total. The number of hydrogen-bond acceptors (Lipinski definition) is 2. The van der Waals surface area contributed by atoms with Crippen molar-refractivity contribution in [3.8, 4) is 0 Å². The molecule has 15 heavy (non-hydrogen) atoms. The highest BCUT2D eigenvalue weighted by Crippen LogP contribution is 2.16. The number of aromatic nitrogens is 4. The predicted molar refractivity (Wildman–Crippen MR) is 60.1 cm³/mol. The van der Waals surface area contributed by atoms with E-state index in [0.717, 1.165) is 37.2 Å². The first-order chi connectivity index (χ1) is 7.30. The quantitative estimate of drug-likeness (QED) is 0.833. The van der Waals surface area contributed by atoms with E-state index in [1.165, 1.54) is 11.3 Å². The van der Waals surface area contributed by atoms with Crippen LogP contribution in [0.4, 0.5) is 0 Å². The fraction of sp³-hybridized carbons (Fsp3) is 0.636. The van der Waals surface area contributed by atoms with Gasteiger partial charge in [-0.25, -0.2) is 4.98 Å². The van der Waals surface area contributed by atoms with E-state index < -0.39 is 0 Å². The van der Waals surface area contributed by atoms with E-state index in [4.69, 9.17) is 0 Å². The Morgan fingerprint density at radius 2 is 2.00 bits per heavy atom. The third-order valence-corrected chi connectivity index (χ3v) is 2.70. The molecular weight excluding hydrogens is 188 g/mol. The normalized spacial score (nSPS) is 11.4. The van der Waals surface area contributed by atoms with E-state index in [1.54, 1.807) is 0 Å². The van der Waals surface area contributed by atoms with Crippen molar-refractivity contribution in [1.82, 2.24) is 19.8 Å². The van der Waals surface area contributed by atoms with Gasteiger partial charge < -0.3 is 0 Å². The lowest BCUT2D eigenvalue weighted by atomic mass is 10.1. The van der Waals surface area contributed by atoms with Crippen molar-refractivity contribution >= 4 is 5.65 Å². The third kappa shape index (κ3) is 1.64. The standard InChI is InChI=1S/C11H18N4/c1-4-7-9-8(5-2)11-12-10(6-3)14-15(11)13-9/h13H,4-7H2,1-3H3. The summed E-state index contributed by atoms with van der Waals surface area (Å²) in [6.45, 7) is 6.43. The maximum absolute atomic E-state index is 4.53. The lowest BCUT2D eigenvalue weighted by molar-refractivity contribution is 0.750. The number of aryl methyl sites for hydroxylation is 3. The average Bonchev–Trinajstić information content (AvgIpc) is 2.74. The zero-order valence-corrected chi connectivity index (χ0v) is 9.67. The predicted octanol–water partition coefficient (Wildman–Crippen LogP) is 2.13. The first kappa shape index (κ1) is 10.2. The van der Waals surface area contributed by atoms with Gasteiger partial charge in [0.2, 0.25) is 0 Å². The molecule has 4 nitrogen and oxygen atoms in total. The van der Waals surface area contributed by atoms with E-state index in [0.29, 0.717) is 0 Å². The van der Waals surface area contributed by atoms with Crippen LogP contribution in [0.5, 0.6) is 0 Å². The molecule has 2 rings (SSSR count). The summed E-state index contributed by atoms with van der Waals surface area (Å²) in [6, 6.07) is 0. The molecule has 82 valence electrons. The molecule has 0 bridgehead atoms. The van der Waals surface area contributed by atoms with Gasteiger partial charge in [0.25, 0.3) is 0 Å². The fourth-order valence-corrected chi connectivity index (χ4v) is 1.94. The van der Waals surface area contributed by atoms with Crippen LogP contribution in [0.15, 0.2) is 0 Å². The molecule has 2 aromatic rings. The summed E-state index contributed by atoms with van der Waals surface area (Å²) in [4.78, 5) is 4.53. The van der Waals surface area contributed by atoms with Crippen LogP contribution in [-0.4, -0.2) is 19.8 Å². The number of aromatic amines is 1. The molecule has 0 saturated heterocycles. The lowest BCUT2D eigenvalue weighted by Crippen LogP contribution is -1.93. The Bertz CT molecular complexity index is 452. The van der Waals surface area contributed by atoms with Crippen molar-refractivity contribution in [2.75, 3.05) is 0 Å². The molecule has 0 radical (unpaired) electrons. The molecule has 0 spiro atoms. The van der Waals surface area contributed by atoms with Crippen LogP contribution in [0, 0.1) is 0 Å². The van der Waals surface area contributed by atoms with Gasteiger partial charge in [0.1, 0.15) is 0 Å². The minimum absolute atomic E-state index is 0.891. The molecule has 0 aromatic carbocycles. The Hall–Kier alpha value is -1.32. The third-order valence-electron chi connectivity index (χ3n) is 2.70. The Kier molecular flexibility index (Phi) is 2.75. The lowest BCUT2D eigenvalue weighted by Gasteiger charge is -1.96. The summed E-state index contributed by atoms with van der Waals surface area (Å²) < 4.78 is 1.82. The van der Waals surface area contributed by atoms with E-state index >= 15 is 0 Å². The molecule has 0 aliphatic carbocycles. The molecule has 2 heterocycles. The van der Waals surface area contributed by atoms with Gasteiger partial charge in [-0.05, 0) is 12.8 Å². The summed E-state index contributed by atoms with van der Waals surface area (Å²) in [6.07, 6.45) is 4.14. The highest BCUT2D eigenvalue weighted by atomic mass is 15.5. The first-order valence-corrected chi connectivity index (χ1v) is 5.75. The van der Waals surface area contributed by atoms with Crippen LogP contribution >= 0.6 is 0 Å². The van der Waals surface area contributed by atoms with Crippen LogP contribution in [0.25, 0.3) is 5.65 Å². The van der Waals surface area contributed by atoms with Gasteiger partial charge in [-0.1, -0.05) is 27.2 Å². The van der Waals surface area contributed by atoms with Crippen molar-refractivity contribution in [2.45, 2.75) is 46.5 Å². The Balaban J connectivity index is 2.51. The summed E-state index contributed by atoms with van der Waals surface area (Å²) in [5, 5.41) is 7.71. The van der Waals surface area contributed by atoms with Gasteiger partial charge >= 0.3 is 0 Å². The van der Waals surface area contributed by atoms with Gasteiger partial charge in [0.05, 0.1) is 0 Å². The maximum Gasteiger partial charge on any atom is 0.178 e. The van der Waals surface area contributed by atoms with Crippen LogP contribution in [0.2, 0.25) is 0 Å². The summed E-state index contributed by atoms with van der Waals surface area (Å²) in [7, 11) is 0. The van der Waals surface area contributed by atoms with E-state index in [2.05, 4.69) is 36.0 Å². The maximum atomic E-state index is 4.53. The second-order valence-corrected chi connectivity index (χ2v) is 3.79. The van der Waals surface area contributed by atoms with Crippen molar-refractivity contribution in [3.05, 3.63) is 17.1 Å². The second-order valence-electron chi connectivity index (χ2n) is 3.79. The first-order valence-electron chi connectivity index (χ1n) is 5.75. The minimum Gasteiger partial charge on any atom is -0.280 e. The molecule has 0 saturated carbocycles. The van der Waals surface area contributed by atoms with Crippen molar-refractivity contribution < 1.29 is 0 Å². The number of nitrogens with one attached hydrogen (secondary N) is 1. The van der Waals surface area contributed by atoms with E-state index in [1.807, 2.05) is 4.63 Å². The van der Waals surface area contributed by atoms with Crippen molar-refractivity contribution in [3.63, 3.8) is 0 Å². The molecule has 0 unspecified atom stereocenters. The second kappa shape index (κ2) is 4.04. The van der Waals surface area contributed by atoms with Crippen LogP contribution in [0.1, 0.15) is 44.3 Å². The molecule has 0 aliphatic rings. The zero-order valence-electron chi connectivity index (χ0n) is 9.67. The minimum atomic E-state index is 0.891. The topological polar surface area (TPSA) is 46.0 Å². The Morgan fingerprint density at radius 3 is 2.60 bits per heavy atom. The number of hydrogen-bond donors (Lipinski definition) is 1. The van der Waals surface area contributed by atoms with E-state index in [-0.39, 0.29) is 0 Å². The molecule has 0 atom stereocenters. The Labute approximate surface area is 89.7 Å². The number of rotatable bonds is 4. The fourth-order valence-electron chi connectivity index (χ4n) is 1.94. The average molecular weight is 206 g/mol. The van der Waals surface area contributed by atoms with Crippen molar-refractivity contribution in [2.24, 2.45) is 0 Å². The zero-order chi connectivity index (χ0) is 10.8. The molecule has 0 aliphatic heterocycles. The largest absolute Gasteiger partial charge is 0.280 e. The van der Waals surface area contributed by atoms with Crippen molar-refractivity contribution in [1.29, 1.82) is 0 Å². The number of nitrogens with zero attached hydrogens (tertiary/aromatic N) is 3. The summed E-state index contributed by atoms with van der Waals surface area (Å²) >= 11 is 0. The summed E-state index contributed by atoms with van der Waals surface area (Å²) in [5.41, 5.74) is 3.62. The Morgan fingerprint density at radius 1 is 1.20 bits per heavy atom. The highest BCUT2D eigenvalue weighted by Gasteiger charge is 2.13. The smallest absolute Gasteiger partial charge is 0.178 e. The molecular formula is C11H18N4. The van der Waals surface area contributed by atoms with Gasteiger partial charge in [0, 0.05) is 17.7 Å². The van der Waals surface area contributed by atoms with Crippen LogP contribution in [-0.2, 0) is 19.3 Å². The SMILES string of the molecule is CCCc1[nH]n2nc(CC)nc2c1CC. The van der Waals surface area contributed by atoms with Gasteiger partial charge in [-0.3, -0.25) is 5.10 Å².